The maximum Gasteiger partial charge on any atom is 0.260 e. The Kier molecular flexibility index (Phi) is 1.58. The van der Waals surface area contributed by atoms with Gasteiger partial charge in [-0.3, -0.25) is 4.40 Å². The molecule has 2 heterocycles. The van der Waals surface area contributed by atoms with E-state index in [1.54, 1.807) is 13.4 Å². The Balaban J connectivity index is 2.57. The van der Waals surface area contributed by atoms with Crippen LogP contribution < -0.4 is 4.74 Å². The number of fused-ring (bicyclic) bond motifs is 3. The minimum Gasteiger partial charge on any atom is -0.478 e. The van der Waals surface area contributed by atoms with Crippen LogP contribution in [0, 0.1) is 0 Å². The summed E-state index contributed by atoms with van der Waals surface area (Å²) in [6.07, 6.45) is 1.65. The van der Waals surface area contributed by atoms with E-state index < -0.39 is 0 Å². The van der Waals surface area contributed by atoms with Crippen LogP contribution in [0.25, 0.3) is 16.7 Å². The molecule has 74 valence electrons. The van der Waals surface area contributed by atoms with Gasteiger partial charge in [0, 0.05) is 0 Å². The Bertz CT molecular complexity index is 631. The highest BCUT2D eigenvalue weighted by Crippen LogP contribution is 2.20. The van der Waals surface area contributed by atoms with E-state index in [4.69, 9.17) is 4.74 Å². The second kappa shape index (κ2) is 2.91. The molecule has 0 radical (unpaired) electrons. The van der Waals surface area contributed by atoms with E-state index in [-0.39, 0.29) is 0 Å². The first kappa shape index (κ1) is 8.16. The van der Waals surface area contributed by atoms with Crippen LogP contribution in [-0.4, -0.2) is 26.7 Å². The highest BCUT2D eigenvalue weighted by Gasteiger charge is 2.09. The number of ether oxygens (including phenoxy) is 1. The second-order valence-corrected chi connectivity index (χ2v) is 3.13. The first-order chi connectivity index (χ1) is 7.40. The Morgan fingerprint density at radius 2 is 2.13 bits per heavy atom. The molecule has 0 saturated carbocycles. The zero-order valence-electron chi connectivity index (χ0n) is 8.08. The zero-order chi connectivity index (χ0) is 10.3. The average Bonchev–Trinajstić information content (AvgIpc) is 2.77. The van der Waals surface area contributed by atoms with Crippen LogP contribution in [0.15, 0.2) is 30.6 Å². The van der Waals surface area contributed by atoms with E-state index in [1.807, 2.05) is 28.7 Å². The highest BCUT2D eigenvalue weighted by atomic mass is 16.5. The molecule has 2 aromatic heterocycles. The van der Waals surface area contributed by atoms with Gasteiger partial charge in [0.05, 0.1) is 18.1 Å². The topological polar surface area (TPSA) is 52.3 Å². The summed E-state index contributed by atoms with van der Waals surface area (Å²) in [6, 6.07) is 7.79. The molecule has 0 aliphatic heterocycles. The average molecular weight is 200 g/mol. The summed E-state index contributed by atoms with van der Waals surface area (Å²) in [5.41, 5.74) is 2.47. The predicted octanol–water partition coefficient (Wildman–Crippen LogP) is 1.29. The van der Waals surface area contributed by atoms with Gasteiger partial charge in [-0.15, -0.1) is 10.2 Å². The first-order valence-corrected chi connectivity index (χ1v) is 4.52. The molecule has 15 heavy (non-hydrogen) atoms. The maximum absolute atomic E-state index is 5.16. The van der Waals surface area contributed by atoms with Crippen LogP contribution in [0.4, 0.5) is 0 Å². The Morgan fingerprint density at radius 3 is 3.00 bits per heavy atom. The molecule has 3 aromatic rings. The molecule has 0 N–H and O–H groups in total. The molecule has 0 spiro atoms. The fourth-order valence-electron chi connectivity index (χ4n) is 1.62. The molecule has 0 atom stereocenters. The van der Waals surface area contributed by atoms with Crippen molar-refractivity contribution in [2.24, 2.45) is 0 Å². The van der Waals surface area contributed by atoms with Crippen LogP contribution in [0.5, 0.6) is 5.88 Å². The number of hydrogen-bond acceptors (Lipinski definition) is 4. The van der Waals surface area contributed by atoms with Crippen molar-refractivity contribution < 1.29 is 4.74 Å². The first-order valence-electron chi connectivity index (χ1n) is 4.52. The summed E-state index contributed by atoms with van der Waals surface area (Å²) < 4.78 is 7.02. The van der Waals surface area contributed by atoms with E-state index >= 15 is 0 Å². The van der Waals surface area contributed by atoms with Crippen LogP contribution in [0.3, 0.4) is 0 Å². The Morgan fingerprint density at radius 1 is 1.27 bits per heavy atom. The van der Waals surface area contributed by atoms with Crippen molar-refractivity contribution in [3.05, 3.63) is 30.6 Å². The molecular formula is C10H8N4O. The Hall–Kier alpha value is -2.17. The number of rotatable bonds is 1. The van der Waals surface area contributed by atoms with Crippen molar-refractivity contribution in [3.8, 4) is 5.88 Å². The number of nitrogens with zero attached hydrogens (tertiary/aromatic N) is 4. The minimum atomic E-state index is 0.492. The predicted molar refractivity (Wildman–Crippen MR) is 54.8 cm³/mol. The number of hydrogen-bond donors (Lipinski definition) is 0. The molecule has 0 amide bonds. The van der Waals surface area contributed by atoms with E-state index in [2.05, 4.69) is 15.2 Å². The number of aromatic nitrogens is 4. The van der Waals surface area contributed by atoms with Crippen molar-refractivity contribution in [3.63, 3.8) is 0 Å². The number of para-hydroxylation sites is 2. The molecule has 0 saturated heterocycles. The van der Waals surface area contributed by atoms with Gasteiger partial charge >= 0.3 is 0 Å². The molecule has 0 fully saturated rings. The van der Waals surface area contributed by atoms with Gasteiger partial charge in [0.1, 0.15) is 6.33 Å². The SMILES string of the molecule is COc1nc2ccccc2n2cnnc12. The molecular weight excluding hydrogens is 192 g/mol. The molecule has 3 rings (SSSR count). The quantitative estimate of drug-likeness (QED) is 0.593. The summed E-state index contributed by atoms with van der Waals surface area (Å²) in [4.78, 5) is 4.35. The summed E-state index contributed by atoms with van der Waals surface area (Å²) >= 11 is 0. The molecule has 5 nitrogen and oxygen atoms in total. The van der Waals surface area contributed by atoms with Gasteiger partial charge < -0.3 is 4.74 Å². The Labute approximate surface area is 85.3 Å². The minimum absolute atomic E-state index is 0.492. The van der Waals surface area contributed by atoms with E-state index in [0.29, 0.717) is 11.5 Å². The van der Waals surface area contributed by atoms with Crippen molar-refractivity contribution in [1.82, 2.24) is 19.6 Å². The summed E-state index contributed by atoms with van der Waals surface area (Å²) in [6.45, 7) is 0. The molecule has 0 aliphatic carbocycles. The molecule has 0 bridgehead atoms. The van der Waals surface area contributed by atoms with Crippen LogP contribution in [0.2, 0.25) is 0 Å². The highest BCUT2D eigenvalue weighted by molar-refractivity contribution is 5.79. The number of methoxy groups -OCH3 is 1. The van der Waals surface area contributed by atoms with Crippen LogP contribution >= 0.6 is 0 Å². The summed E-state index contributed by atoms with van der Waals surface area (Å²) in [7, 11) is 1.58. The van der Waals surface area contributed by atoms with Gasteiger partial charge in [0.2, 0.25) is 5.65 Å². The van der Waals surface area contributed by atoms with E-state index in [9.17, 15) is 0 Å². The van der Waals surface area contributed by atoms with Gasteiger partial charge in [-0.25, -0.2) is 4.98 Å². The fourth-order valence-corrected chi connectivity index (χ4v) is 1.62. The third-order valence-corrected chi connectivity index (χ3v) is 2.30. The molecule has 1 aromatic carbocycles. The van der Waals surface area contributed by atoms with Gasteiger partial charge in [-0.1, -0.05) is 12.1 Å². The normalized spacial score (nSPS) is 11.0. The maximum atomic E-state index is 5.16. The van der Waals surface area contributed by atoms with Gasteiger partial charge in [-0.2, -0.15) is 0 Å². The zero-order valence-corrected chi connectivity index (χ0v) is 8.08. The van der Waals surface area contributed by atoms with Crippen molar-refractivity contribution >= 4 is 16.7 Å². The van der Waals surface area contributed by atoms with Crippen molar-refractivity contribution in [2.45, 2.75) is 0 Å². The summed E-state index contributed by atoms with van der Waals surface area (Å²) in [5.74, 6) is 0.492. The van der Waals surface area contributed by atoms with Crippen LogP contribution in [0.1, 0.15) is 0 Å². The lowest BCUT2D eigenvalue weighted by Crippen LogP contribution is -1.95. The van der Waals surface area contributed by atoms with Crippen molar-refractivity contribution in [1.29, 1.82) is 0 Å². The number of benzene rings is 1. The monoisotopic (exact) mass is 200 g/mol. The summed E-state index contributed by atoms with van der Waals surface area (Å²) in [5, 5.41) is 7.82. The third kappa shape index (κ3) is 1.06. The fraction of sp³-hybridized carbons (Fsp3) is 0.100. The standard InChI is InChI=1S/C10H8N4O/c1-15-10-9-13-11-6-14(9)8-5-3-2-4-7(8)12-10/h2-6H,1H3. The van der Waals surface area contributed by atoms with Crippen LogP contribution in [-0.2, 0) is 0 Å². The lowest BCUT2D eigenvalue weighted by Gasteiger charge is -2.04. The molecule has 0 aliphatic rings. The van der Waals surface area contributed by atoms with Gasteiger partial charge in [-0.05, 0) is 12.1 Å². The van der Waals surface area contributed by atoms with E-state index in [1.165, 1.54) is 0 Å². The molecule has 0 unspecified atom stereocenters. The third-order valence-electron chi connectivity index (χ3n) is 2.30. The van der Waals surface area contributed by atoms with Gasteiger partial charge in [0.15, 0.2) is 0 Å². The van der Waals surface area contributed by atoms with E-state index in [0.717, 1.165) is 11.0 Å². The van der Waals surface area contributed by atoms with Gasteiger partial charge in [0.25, 0.3) is 5.88 Å². The molecule has 5 heteroatoms. The van der Waals surface area contributed by atoms with Crippen molar-refractivity contribution in [2.75, 3.05) is 7.11 Å². The lowest BCUT2D eigenvalue weighted by atomic mass is 10.3. The largest absolute Gasteiger partial charge is 0.478 e. The second-order valence-electron chi connectivity index (χ2n) is 3.13. The smallest absolute Gasteiger partial charge is 0.260 e. The lowest BCUT2D eigenvalue weighted by molar-refractivity contribution is 0.402.